The van der Waals surface area contributed by atoms with Crippen LogP contribution in [0.5, 0.6) is 0 Å². The Morgan fingerprint density at radius 2 is 2.21 bits per heavy atom. The summed E-state index contributed by atoms with van der Waals surface area (Å²) in [5.74, 6) is 0.944. The van der Waals surface area contributed by atoms with E-state index in [4.69, 9.17) is 5.73 Å². The van der Waals surface area contributed by atoms with E-state index in [-0.39, 0.29) is 11.3 Å². The molecule has 0 spiro atoms. The highest BCUT2D eigenvalue weighted by Crippen LogP contribution is 2.30. The van der Waals surface area contributed by atoms with Crippen LogP contribution < -0.4 is 5.73 Å². The first kappa shape index (κ1) is 14.1. The Labute approximate surface area is 114 Å². The topological polar surface area (TPSA) is 64.2 Å². The van der Waals surface area contributed by atoms with Crippen molar-refractivity contribution in [2.24, 2.45) is 18.2 Å². The Kier molecular flexibility index (Phi) is 3.67. The Morgan fingerprint density at radius 1 is 1.58 bits per heavy atom. The predicted octanol–water partition coefficient (Wildman–Crippen LogP) is 1.28. The van der Waals surface area contributed by atoms with Crippen molar-refractivity contribution in [1.82, 2.24) is 14.5 Å². The van der Waals surface area contributed by atoms with E-state index in [9.17, 15) is 4.79 Å². The molecule has 0 radical (unpaired) electrons. The van der Waals surface area contributed by atoms with Gasteiger partial charge in [0.25, 0.3) is 0 Å². The van der Waals surface area contributed by atoms with Gasteiger partial charge in [0.05, 0.1) is 12.6 Å². The highest BCUT2D eigenvalue weighted by Gasteiger charge is 2.38. The lowest BCUT2D eigenvalue weighted by Crippen LogP contribution is -2.51. The van der Waals surface area contributed by atoms with Crippen LogP contribution in [-0.4, -0.2) is 32.4 Å². The number of nitrogens with zero attached hydrogens (tertiary/aromatic N) is 3. The second-order valence-corrected chi connectivity index (χ2v) is 6.50. The van der Waals surface area contributed by atoms with Crippen molar-refractivity contribution < 1.29 is 4.79 Å². The SMILES string of the molecule is Cn1ccnc1CN(C(=O)[C@@H](N)C(C)(C)C)C1CC1. The lowest BCUT2D eigenvalue weighted by atomic mass is 9.86. The molecule has 1 amide bonds. The van der Waals surface area contributed by atoms with Gasteiger partial charge in [-0.2, -0.15) is 0 Å². The van der Waals surface area contributed by atoms with Crippen LogP contribution in [-0.2, 0) is 18.4 Å². The zero-order valence-corrected chi connectivity index (χ0v) is 12.3. The molecule has 106 valence electrons. The quantitative estimate of drug-likeness (QED) is 0.891. The second kappa shape index (κ2) is 4.96. The molecule has 0 aliphatic heterocycles. The normalized spacial score (nSPS) is 17.3. The molecule has 19 heavy (non-hydrogen) atoms. The highest BCUT2D eigenvalue weighted by atomic mass is 16.2. The number of rotatable bonds is 4. The molecule has 0 unspecified atom stereocenters. The molecule has 0 aromatic carbocycles. The van der Waals surface area contributed by atoms with Crippen LogP contribution in [0, 0.1) is 5.41 Å². The van der Waals surface area contributed by atoms with Gasteiger partial charge in [0, 0.05) is 25.5 Å². The smallest absolute Gasteiger partial charge is 0.240 e. The first-order valence-electron chi connectivity index (χ1n) is 6.83. The summed E-state index contributed by atoms with van der Waals surface area (Å²) in [6.07, 6.45) is 5.81. The Hall–Kier alpha value is -1.36. The molecule has 1 aliphatic carbocycles. The maximum Gasteiger partial charge on any atom is 0.240 e. The van der Waals surface area contributed by atoms with Gasteiger partial charge >= 0.3 is 0 Å². The van der Waals surface area contributed by atoms with Crippen LogP contribution in [0.4, 0.5) is 0 Å². The Balaban J connectivity index is 2.13. The molecule has 5 nitrogen and oxygen atoms in total. The lowest BCUT2D eigenvalue weighted by Gasteiger charge is -2.32. The van der Waals surface area contributed by atoms with Gasteiger partial charge in [0.1, 0.15) is 5.82 Å². The molecule has 1 atom stereocenters. The molecule has 0 bridgehead atoms. The van der Waals surface area contributed by atoms with E-state index in [1.807, 2.05) is 43.5 Å². The molecule has 1 saturated carbocycles. The standard InChI is InChI=1S/C14H24N4O/c1-14(2,3)12(15)13(19)18(10-5-6-10)9-11-16-7-8-17(11)4/h7-8,10,12H,5-6,9,15H2,1-4H3/t12-/m1/s1. The molecule has 1 fully saturated rings. The molecule has 2 rings (SSSR count). The largest absolute Gasteiger partial charge is 0.337 e. The molecule has 2 N–H and O–H groups in total. The number of carbonyl (C=O) groups excluding carboxylic acids is 1. The zero-order chi connectivity index (χ0) is 14.2. The third-order valence-corrected chi connectivity index (χ3v) is 3.70. The van der Waals surface area contributed by atoms with Crippen molar-refractivity contribution in [3.8, 4) is 0 Å². The van der Waals surface area contributed by atoms with Gasteiger partial charge < -0.3 is 15.2 Å². The van der Waals surface area contributed by atoms with Gasteiger partial charge in [-0.15, -0.1) is 0 Å². The van der Waals surface area contributed by atoms with E-state index in [0.717, 1.165) is 18.7 Å². The van der Waals surface area contributed by atoms with Crippen LogP contribution in [0.1, 0.15) is 39.4 Å². The summed E-state index contributed by atoms with van der Waals surface area (Å²) in [4.78, 5) is 18.8. The number of aryl methyl sites for hydroxylation is 1. The van der Waals surface area contributed by atoms with Crippen molar-refractivity contribution in [3.63, 3.8) is 0 Å². The maximum atomic E-state index is 12.6. The monoisotopic (exact) mass is 264 g/mol. The Bertz CT molecular complexity index is 456. The van der Waals surface area contributed by atoms with Gasteiger partial charge in [-0.1, -0.05) is 20.8 Å². The molecular formula is C14H24N4O. The average molecular weight is 264 g/mol. The second-order valence-electron chi connectivity index (χ2n) is 6.50. The number of hydrogen-bond acceptors (Lipinski definition) is 3. The van der Waals surface area contributed by atoms with Crippen LogP contribution in [0.2, 0.25) is 0 Å². The molecular weight excluding hydrogens is 240 g/mol. The van der Waals surface area contributed by atoms with Gasteiger partial charge in [-0.25, -0.2) is 4.98 Å². The summed E-state index contributed by atoms with van der Waals surface area (Å²) in [5.41, 5.74) is 5.89. The predicted molar refractivity (Wildman–Crippen MR) is 74.2 cm³/mol. The summed E-state index contributed by atoms with van der Waals surface area (Å²) in [7, 11) is 1.95. The number of nitrogens with two attached hydrogens (primary N) is 1. The third-order valence-electron chi connectivity index (χ3n) is 3.70. The van der Waals surface area contributed by atoms with Gasteiger partial charge in [-0.3, -0.25) is 4.79 Å². The molecule has 1 aromatic heterocycles. The molecule has 0 saturated heterocycles. The van der Waals surface area contributed by atoms with Crippen LogP contribution in [0.3, 0.4) is 0 Å². The first-order valence-corrected chi connectivity index (χ1v) is 6.83. The zero-order valence-electron chi connectivity index (χ0n) is 12.3. The molecule has 5 heteroatoms. The van der Waals surface area contributed by atoms with Crippen molar-refractivity contribution in [3.05, 3.63) is 18.2 Å². The minimum atomic E-state index is -0.464. The number of amides is 1. The molecule has 1 heterocycles. The fourth-order valence-electron chi connectivity index (χ4n) is 2.02. The van der Waals surface area contributed by atoms with Gasteiger partial charge in [0.15, 0.2) is 0 Å². The highest BCUT2D eigenvalue weighted by molar-refractivity contribution is 5.83. The van der Waals surface area contributed by atoms with E-state index in [2.05, 4.69) is 4.98 Å². The van der Waals surface area contributed by atoms with Crippen molar-refractivity contribution in [1.29, 1.82) is 0 Å². The minimum Gasteiger partial charge on any atom is -0.337 e. The summed E-state index contributed by atoms with van der Waals surface area (Å²) in [6.45, 7) is 6.56. The van der Waals surface area contributed by atoms with E-state index in [1.165, 1.54) is 0 Å². The van der Waals surface area contributed by atoms with Gasteiger partial charge in [0.2, 0.25) is 5.91 Å². The fourth-order valence-corrected chi connectivity index (χ4v) is 2.02. The lowest BCUT2D eigenvalue weighted by molar-refractivity contribution is -0.136. The summed E-state index contributed by atoms with van der Waals surface area (Å²) in [5, 5.41) is 0. The van der Waals surface area contributed by atoms with E-state index >= 15 is 0 Å². The summed E-state index contributed by atoms with van der Waals surface area (Å²) < 4.78 is 1.95. The van der Waals surface area contributed by atoms with Crippen LogP contribution in [0.25, 0.3) is 0 Å². The molecule has 1 aromatic rings. The van der Waals surface area contributed by atoms with E-state index < -0.39 is 6.04 Å². The van der Waals surface area contributed by atoms with Gasteiger partial charge in [-0.05, 0) is 18.3 Å². The van der Waals surface area contributed by atoms with Crippen LogP contribution in [0.15, 0.2) is 12.4 Å². The van der Waals surface area contributed by atoms with E-state index in [0.29, 0.717) is 12.6 Å². The molecule has 1 aliphatic rings. The van der Waals surface area contributed by atoms with Crippen molar-refractivity contribution in [2.45, 2.75) is 52.2 Å². The fraction of sp³-hybridized carbons (Fsp3) is 0.714. The number of imidazole rings is 1. The van der Waals surface area contributed by atoms with E-state index in [1.54, 1.807) is 6.20 Å². The third kappa shape index (κ3) is 3.15. The number of aromatic nitrogens is 2. The van der Waals surface area contributed by atoms with Crippen molar-refractivity contribution in [2.75, 3.05) is 0 Å². The number of carbonyl (C=O) groups is 1. The summed E-state index contributed by atoms with van der Waals surface area (Å²) in [6, 6.07) is -0.119. The maximum absolute atomic E-state index is 12.6. The summed E-state index contributed by atoms with van der Waals surface area (Å²) >= 11 is 0. The average Bonchev–Trinajstić information content (AvgIpc) is 3.08. The van der Waals surface area contributed by atoms with Crippen LogP contribution >= 0.6 is 0 Å². The number of hydrogen-bond donors (Lipinski definition) is 1. The first-order chi connectivity index (χ1) is 8.80. The van der Waals surface area contributed by atoms with Crippen molar-refractivity contribution >= 4 is 5.91 Å². The minimum absolute atomic E-state index is 0.0398. The Morgan fingerprint density at radius 3 is 2.63 bits per heavy atom.